The van der Waals surface area contributed by atoms with Crippen molar-refractivity contribution in [3.8, 4) is 11.5 Å². The van der Waals surface area contributed by atoms with Gasteiger partial charge in [0.2, 0.25) is 11.8 Å². The van der Waals surface area contributed by atoms with Gasteiger partial charge in [-0.25, -0.2) is 4.79 Å². The van der Waals surface area contributed by atoms with E-state index in [2.05, 4.69) is 10.2 Å². The van der Waals surface area contributed by atoms with E-state index in [0.717, 1.165) is 18.4 Å². The number of rotatable bonds is 4. The maximum atomic E-state index is 11.6. The van der Waals surface area contributed by atoms with Crippen LogP contribution in [0.4, 0.5) is 4.79 Å². The molecule has 3 N–H and O–H groups in total. The van der Waals surface area contributed by atoms with E-state index in [1.807, 2.05) is 26.0 Å². The molecule has 0 spiro atoms. The van der Waals surface area contributed by atoms with Gasteiger partial charge in [0.15, 0.2) is 0 Å². The molecule has 1 fully saturated rings. The second-order valence-electron chi connectivity index (χ2n) is 7.46. The first-order valence-electron chi connectivity index (χ1n) is 8.60. The zero-order chi connectivity index (χ0) is 18.9. The number of halogens is 1. The van der Waals surface area contributed by atoms with Crippen LogP contribution in [0.15, 0.2) is 28.7 Å². The molecule has 0 radical (unpaired) electrons. The van der Waals surface area contributed by atoms with Crippen molar-refractivity contribution >= 4 is 17.7 Å². The topological polar surface area (TPSA) is 105 Å². The summed E-state index contributed by atoms with van der Waals surface area (Å²) in [6.07, 6.45) is 1.07. The first-order chi connectivity index (χ1) is 12.3. The van der Waals surface area contributed by atoms with Gasteiger partial charge >= 0.3 is 6.09 Å². The van der Waals surface area contributed by atoms with Crippen LogP contribution in [0.2, 0.25) is 5.02 Å². The van der Waals surface area contributed by atoms with Gasteiger partial charge in [0.05, 0.1) is 0 Å². The zero-order valence-corrected chi connectivity index (χ0v) is 15.6. The number of nitrogens with two attached hydrogens (primary N) is 1. The Morgan fingerprint density at radius 1 is 1.35 bits per heavy atom. The number of carbonyl (C=O) groups is 1. The smallest absolute Gasteiger partial charge is 0.407 e. The fraction of sp³-hybridized carbons (Fsp3) is 0.500. The molecule has 0 aliphatic carbocycles. The Labute approximate surface area is 157 Å². The molecule has 7 nitrogen and oxygen atoms in total. The highest BCUT2D eigenvalue weighted by Gasteiger charge is 2.41. The summed E-state index contributed by atoms with van der Waals surface area (Å²) in [4.78, 5) is 13.1. The maximum Gasteiger partial charge on any atom is 0.407 e. The molecule has 1 saturated heterocycles. The Morgan fingerprint density at radius 3 is 2.69 bits per heavy atom. The Morgan fingerprint density at radius 2 is 2.04 bits per heavy atom. The zero-order valence-electron chi connectivity index (χ0n) is 14.9. The number of hydrogen-bond acceptors (Lipinski definition) is 5. The number of hydrogen-bond donors (Lipinski definition) is 2. The number of carboxylic acid groups (broad SMARTS) is 1. The third-order valence-electron chi connectivity index (χ3n) is 4.93. The normalized spacial score (nSPS) is 21.0. The predicted octanol–water partition coefficient (Wildman–Crippen LogP) is 3.43. The first-order valence-corrected chi connectivity index (χ1v) is 8.97. The molecular weight excluding hydrogens is 356 g/mol. The molecule has 8 heteroatoms. The molecule has 1 aliphatic heterocycles. The van der Waals surface area contributed by atoms with Gasteiger partial charge < -0.3 is 20.2 Å². The van der Waals surface area contributed by atoms with Crippen LogP contribution in [-0.4, -0.2) is 44.9 Å². The van der Waals surface area contributed by atoms with Crippen molar-refractivity contribution in [1.29, 1.82) is 0 Å². The third-order valence-corrected chi connectivity index (χ3v) is 5.18. The molecule has 1 aliphatic rings. The van der Waals surface area contributed by atoms with Crippen LogP contribution in [0.1, 0.15) is 32.6 Å². The van der Waals surface area contributed by atoms with E-state index >= 15 is 0 Å². The highest BCUT2D eigenvalue weighted by molar-refractivity contribution is 6.30. The minimum Gasteiger partial charge on any atom is -0.465 e. The Kier molecular flexibility index (Phi) is 5.20. The molecule has 0 bridgehead atoms. The van der Waals surface area contributed by atoms with Crippen molar-refractivity contribution in [2.75, 3.05) is 6.54 Å². The lowest BCUT2D eigenvalue weighted by Crippen LogP contribution is -2.56. The van der Waals surface area contributed by atoms with Crippen molar-refractivity contribution in [1.82, 2.24) is 15.1 Å². The van der Waals surface area contributed by atoms with E-state index in [4.69, 9.17) is 21.8 Å². The molecule has 2 aromatic rings. The Balaban J connectivity index is 1.76. The number of aromatic nitrogens is 2. The van der Waals surface area contributed by atoms with Gasteiger partial charge in [0, 0.05) is 35.6 Å². The second-order valence-corrected chi connectivity index (χ2v) is 7.90. The van der Waals surface area contributed by atoms with Crippen LogP contribution in [0.25, 0.3) is 11.5 Å². The minimum atomic E-state index is -0.939. The van der Waals surface area contributed by atoms with E-state index in [-0.39, 0.29) is 17.5 Å². The Bertz CT molecular complexity index is 775. The lowest BCUT2D eigenvalue weighted by Gasteiger charge is -2.44. The van der Waals surface area contributed by atoms with Crippen LogP contribution in [-0.2, 0) is 6.42 Å². The first kappa shape index (κ1) is 18.7. The molecule has 1 amide bonds. The molecule has 0 unspecified atom stereocenters. The standard InChI is InChI=1S/C18H23ClN4O3/c1-18(2,14-8-7-13(20)10-23(14)17(24)25)9-15-21-22-16(26-15)11-3-5-12(19)6-4-11/h3-6,13-14H,7-10,20H2,1-2H3,(H,24,25)/t13-,14+/m0/s1. The lowest BCUT2D eigenvalue weighted by molar-refractivity contribution is 0.0429. The molecule has 0 saturated carbocycles. The van der Waals surface area contributed by atoms with Crippen molar-refractivity contribution in [2.45, 2.75) is 45.2 Å². The highest BCUT2D eigenvalue weighted by Crippen LogP contribution is 2.35. The number of nitrogens with zero attached hydrogens (tertiary/aromatic N) is 3. The van der Waals surface area contributed by atoms with Crippen LogP contribution < -0.4 is 5.73 Å². The summed E-state index contributed by atoms with van der Waals surface area (Å²) in [6, 6.07) is 6.91. The van der Waals surface area contributed by atoms with E-state index in [9.17, 15) is 9.90 Å². The fourth-order valence-electron chi connectivity index (χ4n) is 3.56. The van der Waals surface area contributed by atoms with Gasteiger partial charge in [-0.2, -0.15) is 0 Å². The summed E-state index contributed by atoms with van der Waals surface area (Å²) in [6.45, 7) is 4.40. The number of amides is 1. The molecular formula is C18H23ClN4O3. The maximum absolute atomic E-state index is 11.6. The second kappa shape index (κ2) is 7.25. The van der Waals surface area contributed by atoms with Gasteiger partial charge in [-0.15, -0.1) is 10.2 Å². The van der Waals surface area contributed by atoms with E-state index in [0.29, 0.717) is 29.8 Å². The molecule has 2 atom stereocenters. The molecule has 3 rings (SSSR count). The molecule has 1 aromatic carbocycles. The van der Waals surface area contributed by atoms with Gasteiger partial charge in [0.25, 0.3) is 0 Å². The van der Waals surface area contributed by atoms with Crippen LogP contribution in [0.5, 0.6) is 0 Å². The predicted molar refractivity (Wildman–Crippen MR) is 98.0 cm³/mol. The van der Waals surface area contributed by atoms with Crippen molar-refractivity contribution in [2.24, 2.45) is 11.1 Å². The third kappa shape index (κ3) is 3.99. The summed E-state index contributed by atoms with van der Waals surface area (Å²) in [5.41, 5.74) is 6.38. The number of benzene rings is 1. The quantitative estimate of drug-likeness (QED) is 0.844. The van der Waals surface area contributed by atoms with Gasteiger partial charge in [0.1, 0.15) is 0 Å². The van der Waals surface area contributed by atoms with Crippen LogP contribution in [0.3, 0.4) is 0 Å². The minimum absolute atomic E-state index is 0.113. The summed E-state index contributed by atoms with van der Waals surface area (Å²) >= 11 is 5.90. The lowest BCUT2D eigenvalue weighted by atomic mass is 9.76. The van der Waals surface area contributed by atoms with Crippen molar-refractivity contribution < 1.29 is 14.3 Å². The highest BCUT2D eigenvalue weighted by atomic mass is 35.5. The molecule has 1 aromatic heterocycles. The van der Waals surface area contributed by atoms with Gasteiger partial charge in [-0.1, -0.05) is 25.4 Å². The van der Waals surface area contributed by atoms with E-state index in [1.165, 1.54) is 4.90 Å². The summed E-state index contributed by atoms with van der Waals surface area (Å²) in [7, 11) is 0. The summed E-state index contributed by atoms with van der Waals surface area (Å²) in [5.74, 6) is 0.911. The summed E-state index contributed by atoms with van der Waals surface area (Å²) in [5, 5.41) is 18.4. The summed E-state index contributed by atoms with van der Waals surface area (Å²) < 4.78 is 5.80. The number of likely N-dealkylation sites (tertiary alicyclic amines) is 1. The van der Waals surface area contributed by atoms with Crippen LogP contribution >= 0.6 is 11.6 Å². The van der Waals surface area contributed by atoms with Gasteiger partial charge in [-0.3, -0.25) is 0 Å². The SMILES string of the molecule is CC(C)(Cc1nnc(-c2ccc(Cl)cc2)o1)[C@H]1CC[C@H](N)CN1C(=O)O. The Hall–Kier alpha value is -2.12. The molecule has 140 valence electrons. The largest absolute Gasteiger partial charge is 0.465 e. The van der Waals surface area contributed by atoms with Crippen LogP contribution in [0, 0.1) is 5.41 Å². The van der Waals surface area contributed by atoms with Crippen molar-refractivity contribution in [3.05, 3.63) is 35.2 Å². The fourth-order valence-corrected chi connectivity index (χ4v) is 3.69. The average molecular weight is 379 g/mol. The van der Waals surface area contributed by atoms with Gasteiger partial charge in [-0.05, 0) is 42.5 Å². The van der Waals surface area contributed by atoms with Crippen molar-refractivity contribution in [3.63, 3.8) is 0 Å². The van der Waals surface area contributed by atoms with E-state index in [1.54, 1.807) is 12.1 Å². The molecule has 2 heterocycles. The number of piperidine rings is 1. The van der Waals surface area contributed by atoms with E-state index < -0.39 is 6.09 Å². The molecule has 26 heavy (non-hydrogen) atoms. The monoisotopic (exact) mass is 378 g/mol. The average Bonchev–Trinajstić information content (AvgIpc) is 3.02.